The highest BCUT2D eigenvalue weighted by Gasteiger charge is 2.51. The van der Waals surface area contributed by atoms with Gasteiger partial charge < -0.3 is 4.74 Å². The number of carbonyl (C=O) groups is 2. The molecule has 0 aromatic carbocycles. The Morgan fingerprint density at radius 3 is 2.75 bits per heavy atom. The van der Waals surface area contributed by atoms with Crippen LogP contribution >= 0.6 is 0 Å². The zero-order valence-corrected chi connectivity index (χ0v) is 10.1. The lowest BCUT2D eigenvalue weighted by molar-refractivity contribution is -0.156. The summed E-state index contributed by atoms with van der Waals surface area (Å²) >= 11 is 0. The highest BCUT2D eigenvalue weighted by molar-refractivity contribution is 5.97. The Kier molecular flexibility index (Phi) is 3.04. The second-order valence-electron chi connectivity index (χ2n) is 5.81. The first kappa shape index (κ1) is 11.6. The van der Waals surface area contributed by atoms with Gasteiger partial charge in [0, 0.05) is 0 Å². The van der Waals surface area contributed by atoms with Gasteiger partial charge in [-0.1, -0.05) is 26.7 Å². The lowest BCUT2D eigenvalue weighted by Crippen LogP contribution is -2.33. The number of cyclic esters (lactones) is 2. The predicted molar refractivity (Wildman–Crippen MR) is 59.6 cm³/mol. The third kappa shape index (κ3) is 2.13. The fourth-order valence-electron chi connectivity index (χ4n) is 3.30. The van der Waals surface area contributed by atoms with Crippen molar-refractivity contribution in [2.24, 2.45) is 17.3 Å². The molecule has 2 aliphatic rings. The van der Waals surface area contributed by atoms with E-state index >= 15 is 0 Å². The van der Waals surface area contributed by atoms with Crippen molar-refractivity contribution in [3.05, 3.63) is 0 Å². The molecule has 3 heteroatoms. The molecular weight excluding hydrogens is 204 g/mol. The van der Waals surface area contributed by atoms with E-state index in [-0.39, 0.29) is 11.9 Å². The summed E-state index contributed by atoms with van der Waals surface area (Å²) in [5.74, 6) is 0.668. The Labute approximate surface area is 96.5 Å². The minimum Gasteiger partial charge on any atom is -0.393 e. The summed E-state index contributed by atoms with van der Waals surface area (Å²) < 4.78 is 4.73. The van der Waals surface area contributed by atoms with Crippen molar-refractivity contribution >= 4 is 11.9 Å². The van der Waals surface area contributed by atoms with Crippen LogP contribution in [-0.4, -0.2) is 11.9 Å². The van der Waals surface area contributed by atoms with Crippen LogP contribution in [0.5, 0.6) is 0 Å². The second-order valence-corrected chi connectivity index (χ2v) is 5.81. The standard InChI is InChI=1S/C13H20O3/c1-9(2)6-10-4-3-5-13(7-10)8-11(14)16-12(13)15/h9-10H,3-8H2,1-2H3. The van der Waals surface area contributed by atoms with Gasteiger partial charge in [0.25, 0.3) is 0 Å². The molecule has 1 saturated heterocycles. The Balaban J connectivity index is 2.06. The van der Waals surface area contributed by atoms with Gasteiger partial charge in [-0.3, -0.25) is 9.59 Å². The molecule has 0 radical (unpaired) electrons. The molecule has 0 N–H and O–H groups in total. The molecule has 0 aromatic rings. The number of carbonyl (C=O) groups excluding carboxylic acids is 2. The second kappa shape index (κ2) is 4.19. The smallest absolute Gasteiger partial charge is 0.320 e. The summed E-state index contributed by atoms with van der Waals surface area (Å²) in [5, 5.41) is 0. The first-order chi connectivity index (χ1) is 7.52. The van der Waals surface area contributed by atoms with Crippen LogP contribution in [0.1, 0.15) is 52.4 Å². The zero-order chi connectivity index (χ0) is 11.8. The summed E-state index contributed by atoms with van der Waals surface area (Å²) in [6.07, 6.45) is 5.42. The molecule has 0 aromatic heterocycles. The van der Waals surface area contributed by atoms with Gasteiger partial charge >= 0.3 is 11.9 Å². The Morgan fingerprint density at radius 1 is 1.44 bits per heavy atom. The van der Waals surface area contributed by atoms with Crippen molar-refractivity contribution in [3.63, 3.8) is 0 Å². The van der Waals surface area contributed by atoms with Gasteiger partial charge in [-0.15, -0.1) is 0 Å². The van der Waals surface area contributed by atoms with Crippen molar-refractivity contribution in [2.45, 2.75) is 52.4 Å². The lowest BCUT2D eigenvalue weighted by atomic mass is 9.67. The van der Waals surface area contributed by atoms with Crippen LogP contribution in [0.15, 0.2) is 0 Å². The topological polar surface area (TPSA) is 43.4 Å². The fourth-order valence-corrected chi connectivity index (χ4v) is 3.30. The molecule has 1 spiro atoms. The quantitative estimate of drug-likeness (QED) is 0.535. The van der Waals surface area contributed by atoms with Crippen molar-refractivity contribution in [2.75, 3.05) is 0 Å². The molecule has 1 heterocycles. The van der Waals surface area contributed by atoms with E-state index in [1.807, 2.05) is 0 Å². The van der Waals surface area contributed by atoms with E-state index < -0.39 is 5.41 Å². The van der Waals surface area contributed by atoms with E-state index in [0.717, 1.165) is 25.7 Å². The molecule has 1 saturated carbocycles. The Hall–Kier alpha value is -0.860. The molecular formula is C13H20O3. The monoisotopic (exact) mass is 224 g/mol. The third-order valence-corrected chi connectivity index (χ3v) is 3.87. The summed E-state index contributed by atoms with van der Waals surface area (Å²) in [6, 6.07) is 0. The molecule has 2 atom stereocenters. The Morgan fingerprint density at radius 2 is 2.19 bits per heavy atom. The molecule has 90 valence electrons. The van der Waals surface area contributed by atoms with Gasteiger partial charge in [-0.2, -0.15) is 0 Å². The van der Waals surface area contributed by atoms with E-state index in [9.17, 15) is 9.59 Å². The SMILES string of the molecule is CC(C)CC1CCCC2(CC(=O)OC2=O)C1. The summed E-state index contributed by atoms with van der Waals surface area (Å²) in [4.78, 5) is 23.0. The van der Waals surface area contributed by atoms with Gasteiger partial charge in [-0.05, 0) is 31.1 Å². The van der Waals surface area contributed by atoms with Gasteiger partial charge in [0.15, 0.2) is 0 Å². The van der Waals surface area contributed by atoms with Crippen LogP contribution < -0.4 is 0 Å². The minimum atomic E-state index is -0.450. The number of hydrogen-bond donors (Lipinski definition) is 0. The van der Waals surface area contributed by atoms with Gasteiger partial charge in [0.05, 0.1) is 11.8 Å². The van der Waals surface area contributed by atoms with Crippen LogP contribution in [0.3, 0.4) is 0 Å². The average molecular weight is 224 g/mol. The van der Waals surface area contributed by atoms with Crippen LogP contribution in [-0.2, 0) is 14.3 Å². The predicted octanol–water partition coefficient (Wildman–Crippen LogP) is 2.68. The van der Waals surface area contributed by atoms with Gasteiger partial charge in [0.2, 0.25) is 0 Å². The molecule has 2 fully saturated rings. The van der Waals surface area contributed by atoms with E-state index in [1.165, 1.54) is 6.42 Å². The maximum Gasteiger partial charge on any atom is 0.320 e. The first-order valence-corrected chi connectivity index (χ1v) is 6.27. The molecule has 2 rings (SSSR count). The van der Waals surface area contributed by atoms with Crippen molar-refractivity contribution in [1.82, 2.24) is 0 Å². The number of esters is 2. The van der Waals surface area contributed by atoms with Crippen LogP contribution in [0.25, 0.3) is 0 Å². The Bertz CT molecular complexity index is 308. The third-order valence-electron chi connectivity index (χ3n) is 3.87. The first-order valence-electron chi connectivity index (χ1n) is 6.27. The normalized spacial score (nSPS) is 34.8. The number of ether oxygens (including phenoxy) is 1. The lowest BCUT2D eigenvalue weighted by Gasteiger charge is -2.34. The van der Waals surface area contributed by atoms with Crippen molar-refractivity contribution in [3.8, 4) is 0 Å². The highest BCUT2D eigenvalue weighted by Crippen LogP contribution is 2.47. The van der Waals surface area contributed by atoms with Crippen LogP contribution in [0.2, 0.25) is 0 Å². The molecule has 2 unspecified atom stereocenters. The van der Waals surface area contributed by atoms with Gasteiger partial charge in [0.1, 0.15) is 0 Å². The zero-order valence-electron chi connectivity index (χ0n) is 10.1. The highest BCUT2D eigenvalue weighted by atomic mass is 16.6. The molecule has 3 nitrogen and oxygen atoms in total. The molecule has 0 amide bonds. The van der Waals surface area contributed by atoms with Gasteiger partial charge in [-0.25, -0.2) is 0 Å². The van der Waals surface area contributed by atoms with E-state index in [1.54, 1.807) is 0 Å². The van der Waals surface area contributed by atoms with Crippen LogP contribution in [0.4, 0.5) is 0 Å². The number of rotatable bonds is 2. The summed E-state index contributed by atoms with van der Waals surface area (Å²) in [6.45, 7) is 4.42. The maximum absolute atomic E-state index is 11.7. The molecule has 1 aliphatic carbocycles. The largest absolute Gasteiger partial charge is 0.393 e. The fraction of sp³-hybridized carbons (Fsp3) is 0.846. The van der Waals surface area contributed by atoms with E-state index in [4.69, 9.17) is 4.74 Å². The summed E-state index contributed by atoms with van der Waals surface area (Å²) in [5.41, 5.74) is -0.450. The van der Waals surface area contributed by atoms with E-state index in [2.05, 4.69) is 13.8 Å². The van der Waals surface area contributed by atoms with Crippen molar-refractivity contribution in [1.29, 1.82) is 0 Å². The van der Waals surface area contributed by atoms with Crippen LogP contribution in [0, 0.1) is 17.3 Å². The number of hydrogen-bond acceptors (Lipinski definition) is 3. The maximum atomic E-state index is 11.7. The van der Waals surface area contributed by atoms with Crippen molar-refractivity contribution < 1.29 is 14.3 Å². The molecule has 1 aliphatic heterocycles. The van der Waals surface area contributed by atoms with E-state index in [0.29, 0.717) is 18.3 Å². The molecule has 0 bridgehead atoms. The minimum absolute atomic E-state index is 0.258. The molecule has 16 heavy (non-hydrogen) atoms. The summed E-state index contributed by atoms with van der Waals surface area (Å²) in [7, 11) is 0. The average Bonchev–Trinajstić information content (AvgIpc) is 2.40.